The molecular formula is C43H30N2. The third-order valence-corrected chi connectivity index (χ3v) is 9.67. The zero-order valence-corrected chi connectivity index (χ0v) is 25.3. The van der Waals surface area contributed by atoms with Crippen molar-refractivity contribution in [2.24, 2.45) is 0 Å². The fraction of sp³-hybridized carbons (Fsp3) is 0.0698. The molecular weight excluding hydrogens is 544 g/mol. The molecule has 0 fully saturated rings. The first-order valence-electron chi connectivity index (χ1n) is 15.6. The first-order valence-corrected chi connectivity index (χ1v) is 15.6. The molecule has 0 aliphatic heterocycles. The van der Waals surface area contributed by atoms with Gasteiger partial charge in [0, 0.05) is 17.2 Å². The van der Waals surface area contributed by atoms with E-state index in [0.717, 1.165) is 22.6 Å². The van der Waals surface area contributed by atoms with Crippen LogP contribution in [0.2, 0.25) is 0 Å². The van der Waals surface area contributed by atoms with Gasteiger partial charge in [0.2, 0.25) is 0 Å². The summed E-state index contributed by atoms with van der Waals surface area (Å²) in [5.74, 6) is 0. The van der Waals surface area contributed by atoms with E-state index in [1.165, 1.54) is 65.7 Å². The maximum Gasteiger partial charge on any atom is 0.0893 e. The maximum absolute atomic E-state index is 4.90. The van der Waals surface area contributed by atoms with E-state index < -0.39 is 0 Å². The van der Waals surface area contributed by atoms with Gasteiger partial charge in [-0.3, -0.25) is 4.98 Å². The van der Waals surface area contributed by atoms with Gasteiger partial charge in [-0.15, -0.1) is 0 Å². The molecule has 9 rings (SSSR count). The molecule has 0 saturated carbocycles. The summed E-state index contributed by atoms with van der Waals surface area (Å²) in [5, 5.41) is 7.90. The number of hydrogen-bond acceptors (Lipinski definition) is 2. The molecule has 0 radical (unpaired) electrons. The lowest BCUT2D eigenvalue weighted by atomic mass is 9.79. The Bertz CT molecular complexity index is 2440. The fourth-order valence-corrected chi connectivity index (χ4v) is 7.49. The van der Waals surface area contributed by atoms with Gasteiger partial charge < -0.3 is 0 Å². The molecule has 0 spiro atoms. The highest BCUT2D eigenvalue weighted by molar-refractivity contribution is 6.18. The van der Waals surface area contributed by atoms with Gasteiger partial charge in [0.15, 0.2) is 0 Å². The van der Waals surface area contributed by atoms with Crippen LogP contribution in [0.5, 0.6) is 0 Å². The second kappa shape index (κ2) is 9.70. The zero-order chi connectivity index (χ0) is 30.1. The summed E-state index contributed by atoms with van der Waals surface area (Å²) >= 11 is 0. The molecule has 2 heterocycles. The van der Waals surface area contributed by atoms with Gasteiger partial charge in [0.1, 0.15) is 0 Å². The minimum atomic E-state index is -0.114. The minimum absolute atomic E-state index is 0.114. The number of hydrogen-bond donors (Lipinski definition) is 0. The summed E-state index contributed by atoms with van der Waals surface area (Å²) in [7, 11) is 0. The average molecular weight is 575 g/mol. The first-order chi connectivity index (χ1) is 22.1. The van der Waals surface area contributed by atoms with Gasteiger partial charge in [-0.1, -0.05) is 111 Å². The van der Waals surface area contributed by atoms with Crippen molar-refractivity contribution < 1.29 is 0 Å². The van der Waals surface area contributed by atoms with Crippen LogP contribution in [0.4, 0.5) is 0 Å². The first kappa shape index (κ1) is 25.9. The molecule has 45 heavy (non-hydrogen) atoms. The SMILES string of the molecule is CC1(C)c2cc3cc(-c4ccc(-c5cccc(-c6ccccn6)n5)cc4)ccc3cc2-c2c1c1ccccc1c1ccccc21. The lowest BCUT2D eigenvalue weighted by Gasteiger charge is -2.24. The average Bonchev–Trinajstić information content (AvgIpc) is 3.33. The Hall–Kier alpha value is -5.60. The van der Waals surface area contributed by atoms with Crippen molar-refractivity contribution in [1.29, 1.82) is 0 Å². The van der Waals surface area contributed by atoms with E-state index in [-0.39, 0.29) is 5.41 Å². The number of nitrogens with zero attached hydrogens (tertiary/aromatic N) is 2. The number of aromatic nitrogens is 2. The normalized spacial score (nSPS) is 13.3. The molecule has 2 heteroatoms. The number of fused-ring (bicyclic) bond motifs is 9. The predicted molar refractivity (Wildman–Crippen MR) is 188 cm³/mol. The van der Waals surface area contributed by atoms with Gasteiger partial charge in [0.05, 0.1) is 17.1 Å². The summed E-state index contributed by atoms with van der Waals surface area (Å²) in [6.45, 7) is 4.79. The summed E-state index contributed by atoms with van der Waals surface area (Å²) in [6.07, 6.45) is 1.81. The van der Waals surface area contributed by atoms with Crippen molar-refractivity contribution >= 4 is 32.3 Å². The molecule has 6 aromatic carbocycles. The van der Waals surface area contributed by atoms with Crippen LogP contribution in [0.1, 0.15) is 25.0 Å². The van der Waals surface area contributed by atoms with Crippen molar-refractivity contribution in [3.8, 4) is 44.9 Å². The molecule has 0 N–H and O–H groups in total. The molecule has 212 valence electrons. The van der Waals surface area contributed by atoms with Crippen molar-refractivity contribution in [2.45, 2.75) is 19.3 Å². The molecule has 2 nitrogen and oxygen atoms in total. The largest absolute Gasteiger partial charge is 0.255 e. The lowest BCUT2D eigenvalue weighted by Crippen LogP contribution is -2.15. The Morgan fingerprint density at radius 2 is 1.11 bits per heavy atom. The molecule has 0 atom stereocenters. The highest BCUT2D eigenvalue weighted by atomic mass is 14.8. The van der Waals surface area contributed by atoms with Crippen LogP contribution < -0.4 is 0 Å². The van der Waals surface area contributed by atoms with E-state index in [1.54, 1.807) is 6.20 Å². The van der Waals surface area contributed by atoms with Crippen molar-refractivity contribution in [2.75, 3.05) is 0 Å². The molecule has 1 aliphatic carbocycles. The highest BCUT2D eigenvalue weighted by Crippen LogP contribution is 2.55. The van der Waals surface area contributed by atoms with Crippen LogP contribution in [0, 0.1) is 0 Å². The van der Waals surface area contributed by atoms with E-state index in [4.69, 9.17) is 4.98 Å². The third kappa shape index (κ3) is 3.96. The summed E-state index contributed by atoms with van der Waals surface area (Å²) in [4.78, 5) is 9.36. The Morgan fingerprint density at radius 1 is 0.467 bits per heavy atom. The molecule has 0 bridgehead atoms. The summed E-state index contributed by atoms with van der Waals surface area (Å²) in [5.41, 5.74) is 11.7. The van der Waals surface area contributed by atoms with Crippen molar-refractivity contribution in [1.82, 2.24) is 9.97 Å². The highest BCUT2D eigenvalue weighted by Gasteiger charge is 2.38. The molecule has 0 unspecified atom stereocenters. The number of pyridine rings is 2. The number of rotatable bonds is 3. The van der Waals surface area contributed by atoms with E-state index in [2.05, 4.69) is 128 Å². The van der Waals surface area contributed by atoms with Gasteiger partial charge >= 0.3 is 0 Å². The molecule has 2 aromatic heterocycles. The quantitative estimate of drug-likeness (QED) is 0.196. The van der Waals surface area contributed by atoms with Gasteiger partial charge in [-0.25, -0.2) is 4.98 Å². The second-order valence-electron chi connectivity index (χ2n) is 12.6. The maximum atomic E-state index is 4.90. The Balaban J connectivity index is 1.13. The van der Waals surface area contributed by atoms with Crippen LogP contribution in [0.15, 0.2) is 146 Å². The standard InChI is InChI=1S/C43H30N2/c1-43(2)37-26-31-24-29(27-17-19-28(20-18-27)38-15-9-16-40(45-38)39-14-7-8-23-44-39)21-22-30(31)25-36(37)41-34-12-5-3-10-32(34)33-11-4-6-13-35(33)42(41)43/h3-26H,1-2H3. The predicted octanol–water partition coefficient (Wildman–Crippen LogP) is 11.2. The lowest BCUT2D eigenvalue weighted by molar-refractivity contribution is 0.667. The van der Waals surface area contributed by atoms with Crippen LogP contribution in [-0.4, -0.2) is 9.97 Å². The van der Waals surface area contributed by atoms with E-state index in [1.807, 2.05) is 30.3 Å². The van der Waals surface area contributed by atoms with E-state index in [0.29, 0.717) is 0 Å². The summed E-state index contributed by atoms with van der Waals surface area (Å²) in [6, 6.07) is 50.4. The molecule has 1 aliphatic rings. The van der Waals surface area contributed by atoms with Crippen LogP contribution in [-0.2, 0) is 5.41 Å². The van der Waals surface area contributed by atoms with Gasteiger partial charge in [-0.05, 0) is 108 Å². The zero-order valence-electron chi connectivity index (χ0n) is 25.3. The van der Waals surface area contributed by atoms with E-state index >= 15 is 0 Å². The summed E-state index contributed by atoms with van der Waals surface area (Å²) < 4.78 is 0. The smallest absolute Gasteiger partial charge is 0.0893 e. The third-order valence-electron chi connectivity index (χ3n) is 9.67. The topological polar surface area (TPSA) is 25.8 Å². The Kier molecular flexibility index (Phi) is 5.58. The Morgan fingerprint density at radius 3 is 1.89 bits per heavy atom. The van der Waals surface area contributed by atoms with E-state index in [9.17, 15) is 0 Å². The van der Waals surface area contributed by atoms with Crippen LogP contribution in [0.25, 0.3) is 77.2 Å². The van der Waals surface area contributed by atoms with Crippen molar-refractivity contribution in [3.63, 3.8) is 0 Å². The monoisotopic (exact) mass is 574 g/mol. The molecule has 8 aromatic rings. The second-order valence-corrected chi connectivity index (χ2v) is 12.6. The number of benzene rings is 6. The van der Waals surface area contributed by atoms with Crippen LogP contribution >= 0.6 is 0 Å². The van der Waals surface area contributed by atoms with Gasteiger partial charge in [0.25, 0.3) is 0 Å². The van der Waals surface area contributed by atoms with Crippen LogP contribution in [0.3, 0.4) is 0 Å². The molecule has 0 amide bonds. The fourth-order valence-electron chi connectivity index (χ4n) is 7.49. The van der Waals surface area contributed by atoms with Gasteiger partial charge in [-0.2, -0.15) is 0 Å². The minimum Gasteiger partial charge on any atom is -0.255 e. The van der Waals surface area contributed by atoms with Crippen molar-refractivity contribution in [3.05, 3.63) is 157 Å². The molecule has 0 saturated heterocycles. The Labute approximate surface area is 262 Å².